The van der Waals surface area contributed by atoms with Crippen LogP contribution in [0.25, 0.3) is 0 Å². The number of carbonyl (C=O) groups excluding carboxylic acids is 2. The fraction of sp³-hybridized carbons (Fsp3) is 0.533. The molecule has 1 aliphatic rings. The maximum Gasteiger partial charge on any atom is 0.243 e. The monoisotopic (exact) mass is 640 g/mol. The summed E-state index contributed by atoms with van der Waals surface area (Å²) in [6.45, 7) is 10.6. The van der Waals surface area contributed by atoms with Gasteiger partial charge in [-0.25, -0.2) is 8.42 Å². The fourth-order valence-electron chi connectivity index (χ4n) is 4.57. The highest BCUT2D eigenvalue weighted by molar-refractivity contribution is 7.89. The van der Waals surface area contributed by atoms with Crippen LogP contribution in [0.5, 0.6) is 11.5 Å². The lowest BCUT2D eigenvalue weighted by atomic mass is 9.85. The summed E-state index contributed by atoms with van der Waals surface area (Å²) in [5.74, 6) is -0.257. The molecule has 1 aliphatic heterocycles. The van der Waals surface area contributed by atoms with Crippen LogP contribution < -0.4 is 25.8 Å². The molecule has 4 atom stereocenters. The quantitative estimate of drug-likeness (QED) is 0.260. The zero-order chi connectivity index (χ0) is 31.2. The molecule has 2 aromatic rings. The van der Waals surface area contributed by atoms with Gasteiger partial charge in [0.25, 0.3) is 0 Å². The first-order chi connectivity index (χ1) is 19.6. The van der Waals surface area contributed by atoms with Gasteiger partial charge in [0.2, 0.25) is 28.6 Å². The molecule has 0 fully saturated rings. The van der Waals surface area contributed by atoms with Crippen LogP contribution in [-0.2, 0) is 26.0 Å². The molecule has 1 heterocycles. The number of rotatable bonds is 13. The Balaban J connectivity index is 0.00000645. The molecule has 0 bridgehead atoms. The van der Waals surface area contributed by atoms with Crippen LogP contribution in [0.15, 0.2) is 53.4 Å². The second-order valence-electron chi connectivity index (χ2n) is 12.2. The van der Waals surface area contributed by atoms with Gasteiger partial charge < -0.3 is 30.9 Å². The first kappa shape index (κ1) is 36.3. The molecule has 0 saturated carbocycles. The third-order valence-electron chi connectivity index (χ3n) is 6.86. The molecule has 0 spiro atoms. The van der Waals surface area contributed by atoms with Gasteiger partial charge in [0.05, 0.1) is 23.1 Å². The molecule has 0 radical (unpaired) electrons. The number of sulfonamides is 1. The van der Waals surface area contributed by atoms with Crippen LogP contribution in [0.2, 0.25) is 0 Å². The van der Waals surface area contributed by atoms with E-state index < -0.39 is 51.5 Å². The van der Waals surface area contributed by atoms with Gasteiger partial charge in [-0.1, -0.05) is 65.0 Å². The van der Waals surface area contributed by atoms with Crippen LogP contribution in [0, 0.1) is 11.3 Å². The van der Waals surface area contributed by atoms with Crippen LogP contribution >= 0.6 is 12.4 Å². The summed E-state index contributed by atoms with van der Waals surface area (Å²) >= 11 is 0. The van der Waals surface area contributed by atoms with Gasteiger partial charge >= 0.3 is 0 Å². The molecular weight excluding hydrogens is 596 g/mol. The SMILES string of the molecule is CC(C)CN(C[C@@H](O)[C@H](Cc1ccccc1)NC(=O)[C@@H](NC(=O)[C@@H](C)N)C(C)(C)C)S(=O)(=O)c1ccc2c(c1)OCO2.Cl. The second kappa shape index (κ2) is 15.2. The van der Waals surface area contributed by atoms with Crippen LogP contribution in [0.3, 0.4) is 0 Å². The van der Waals surface area contributed by atoms with E-state index in [0.717, 1.165) is 5.56 Å². The Morgan fingerprint density at radius 1 is 0.977 bits per heavy atom. The van der Waals surface area contributed by atoms with Crippen molar-refractivity contribution in [1.82, 2.24) is 14.9 Å². The molecule has 0 aliphatic carbocycles. The van der Waals surface area contributed by atoms with E-state index in [0.29, 0.717) is 11.5 Å². The third kappa shape index (κ3) is 9.80. The zero-order valence-electron chi connectivity index (χ0n) is 25.6. The summed E-state index contributed by atoms with van der Waals surface area (Å²) in [4.78, 5) is 26.0. The molecule has 0 saturated heterocycles. The second-order valence-corrected chi connectivity index (χ2v) is 14.1. The normalized spacial score (nSPS) is 15.8. The van der Waals surface area contributed by atoms with E-state index in [1.807, 2.05) is 65.0 Å². The average molecular weight is 641 g/mol. The minimum Gasteiger partial charge on any atom is -0.454 e. The summed E-state index contributed by atoms with van der Waals surface area (Å²) < 4.78 is 39.5. The Hall–Kier alpha value is -2.90. The van der Waals surface area contributed by atoms with Crippen LogP contribution in [-0.4, -0.2) is 73.8 Å². The Kier molecular flexibility index (Phi) is 12.8. The molecule has 3 rings (SSSR count). The van der Waals surface area contributed by atoms with Crippen molar-refractivity contribution < 1.29 is 32.6 Å². The minimum atomic E-state index is -4.06. The highest BCUT2D eigenvalue weighted by Gasteiger charge is 2.37. The number of carbonyl (C=O) groups is 2. The Labute approximate surface area is 261 Å². The van der Waals surface area contributed by atoms with Gasteiger partial charge in [-0.15, -0.1) is 12.4 Å². The smallest absolute Gasteiger partial charge is 0.243 e. The lowest BCUT2D eigenvalue weighted by Crippen LogP contribution is -2.60. The average Bonchev–Trinajstić information content (AvgIpc) is 3.38. The summed E-state index contributed by atoms with van der Waals surface area (Å²) in [7, 11) is -4.06. The summed E-state index contributed by atoms with van der Waals surface area (Å²) in [6.07, 6.45) is -1.06. The van der Waals surface area contributed by atoms with Crippen molar-refractivity contribution in [1.29, 1.82) is 0 Å². The van der Waals surface area contributed by atoms with Crippen molar-refractivity contribution in [2.45, 2.75) is 77.1 Å². The molecule has 11 nitrogen and oxygen atoms in total. The number of hydrogen-bond donors (Lipinski definition) is 4. The maximum absolute atomic E-state index is 13.8. The molecule has 43 heavy (non-hydrogen) atoms. The lowest BCUT2D eigenvalue weighted by Gasteiger charge is -2.35. The van der Waals surface area contributed by atoms with Crippen LogP contribution in [0.4, 0.5) is 0 Å². The number of benzene rings is 2. The minimum absolute atomic E-state index is 0. The zero-order valence-corrected chi connectivity index (χ0v) is 27.2. The number of nitrogens with two attached hydrogens (primary N) is 1. The largest absolute Gasteiger partial charge is 0.454 e. The number of hydrogen-bond acceptors (Lipinski definition) is 8. The van der Waals surface area contributed by atoms with Crippen molar-refractivity contribution in [2.75, 3.05) is 19.9 Å². The van der Waals surface area contributed by atoms with E-state index in [9.17, 15) is 23.1 Å². The van der Waals surface area contributed by atoms with E-state index in [-0.39, 0.29) is 49.5 Å². The number of nitrogens with zero attached hydrogens (tertiary/aromatic N) is 1. The topological polar surface area (TPSA) is 160 Å². The number of ether oxygens (including phenoxy) is 2. The first-order valence-corrected chi connectivity index (χ1v) is 15.5. The van der Waals surface area contributed by atoms with E-state index in [4.69, 9.17) is 15.2 Å². The van der Waals surface area contributed by atoms with Gasteiger partial charge in [0.15, 0.2) is 11.5 Å². The first-order valence-electron chi connectivity index (χ1n) is 14.1. The molecule has 2 aromatic carbocycles. The van der Waals surface area contributed by atoms with Gasteiger partial charge in [0, 0.05) is 19.2 Å². The van der Waals surface area contributed by atoms with Crippen molar-refractivity contribution >= 4 is 34.2 Å². The van der Waals surface area contributed by atoms with Crippen molar-refractivity contribution in [3.8, 4) is 11.5 Å². The lowest BCUT2D eigenvalue weighted by molar-refractivity contribution is -0.133. The molecule has 240 valence electrons. The summed E-state index contributed by atoms with van der Waals surface area (Å²) in [5, 5.41) is 17.2. The van der Waals surface area contributed by atoms with E-state index in [1.54, 1.807) is 6.07 Å². The number of aliphatic hydroxyl groups excluding tert-OH is 1. The maximum atomic E-state index is 13.8. The van der Waals surface area contributed by atoms with Gasteiger partial charge in [-0.05, 0) is 42.4 Å². The molecule has 0 aromatic heterocycles. The highest BCUT2D eigenvalue weighted by atomic mass is 35.5. The number of amides is 2. The van der Waals surface area contributed by atoms with Gasteiger partial charge in [0.1, 0.15) is 6.04 Å². The Bertz CT molecular complexity index is 1330. The molecule has 2 amide bonds. The van der Waals surface area contributed by atoms with Gasteiger partial charge in [-0.2, -0.15) is 4.31 Å². The third-order valence-corrected chi connectivity index (χ3v) is 8.69. The number of halogens is 1. The van der Waals surface area contributed by atoms with Gasteiger partial charge in [-0.3, -0.25) is 9.59 Å². The predicted octanol–water partition coefficient (Wildman–Crippen LogP) is 2.45. The Morgan fingerprint density at radius 3 is 2.19 bits per heavy atom. The fourth-order valence-corrected chi connectivity index (χ4v) is 6.20. The number of aliphatic hydroxyl groups is 1. The van der Waals surface area contributed by atoms with E-state index >= 15 is 0 Å². The number of fused-ring (bicyclic) bond motifs is 1. The summed E-state index contributed by atoms with van der Waals surface area (Å²) in [6, 6.07) is 11.0. The molecule has 5 N–H and O–H groups in total. The Morgan fingerprint density at radius 2 is 1.60 bits per heavy atom. The summed E-state index contributed by atoms with van der Waals surface area (Å²) in [5.41, 5.74) is 5.89. The standard InChI is InChI=1S/C30H44N4O7S.ClH/c1-19(2)16-34(42(38,39)22-12-13-25-26(15-22)41-18-40-25)17-24(35)23(14-21-10-8-7-9-11-21)32-29(37)27(30(4,5)6)33-28(36)20(3)31;/h7-13,15,19-20,23-24,27,35H,14,16-18,31H2,1-6H3,(H,32,37)(H,33,36);1H/t20-,23+,24-,27-;/m1./s1. The highest BCUT2D eigenvalue weighted by Crippen LogP contribution is 2.35. The predicted molar refractivity (Wildman–Crippen MR) is 167 cm³/mol. The molecular formula is C30H45ClN4O7S. The van der Waals surface area contributed by atoms with Crippen molar-refractivity contribution in [2.24, 2.45) is 17.1 Å². The van der Waals surface area contributed by atoms with Crippen molar-refractivity contribution in [3.05, 3.63) is 54.1 Å². The molecule has 13 heteroatoms. The van der Waals surface area contributed by atoms with Crippen LogP contribution in [0.1, 0.15) is 47.1 Å². The molecule has 0 unspecified atom stereocenters. The number of nitrogens with one attached hydrogen (secondary N) is 2. The van der Waals surface area contributed by atoms with E-state index in [2.05, 4.69) is 10.6 Å². The van der Waals surface area contributed by atoms with Crippen molar-refractivity contribution in [3.63, 3.8) is 0 Å². The van der Waals surface area contributed by atoms with E-state index in [1.165, 1.54) is 23.4 Å².